The molecule has 0 saturated carbocycles. The van der Waals surface area contributed by atoms with Gasteiger partial charge < -0.3 is 16.0 Å². The van der Waals surface area contributed by atoms with E-state index in [1.54, 1.807) is 12.5 Å². The predicted molar refractivity (Wildman–Crippen MR) is 119 cm³/mol. The first kappa shape index (κ1) is 18.6. The molecule has 2 heterocycles. The summed E-state index contributed by atoms with van der Waals surface area (Å²) in [6, 6.07) is 18.5. The molecule has 0 aliphatic rings. The Balaban J connectivity index is 1.74. The van der Waals surface area contributed by atoms with Crippen molar-refractivity contribution in [3.8, 4) is 11.1 Å². The monoisotopic (exact) mass is 382 g/mol. The molecule has 6 nitrogen and oxygen atoms in total. The van der Waals surface area contributed by atoms with Gasteiger partial charge in [-0.3, -0.25) is 4.98 Å². The Kier molecular flexibility index (Phi) is 5.16. The maximum absolute atomic E-state index is 7.48. The van der Waals surface area contributed by atoms with Gasteiger partial charge in [-0.15, -0.1) is 0 Å². The molecule has 2 aromatic heterocycles. The van der Waals surface area contributed by atoms with Gasteiger partial charge in [0.2, 0.25) is 0 Å². The Morgan fingerprint density at radius 3 is 2.55 bits per heavy atom. The summed E-state index contributed by atoms with van der Waals surface area (Å²) in [5.41, 5.74) is 5.48. The third kappa shape index (κ3) is 3.78. The van der Waals surface area contributed by atoms with Crippen molar-refractivity contribution in [2.45, 2.75) is 13.0 Å². The van der Waals surface area contributed by atoms with Crippen LogP contribution in [0, 0.1) is 5.41 Å². The number of nitrogens with zero attached hydrogens (tertiary/aromatic N) is 3. The van der Waals surface area contributed by atoms with E-state index < -0.39 is 0 Å². The average molecular weight is 382 g/mol. The van der Waals surface area contributed by atoms with E-state index in [2.05, 4.69) is 50.7 Å². The minimum Gasteiger partial charge on any atom is -0.386 e. The molecule has 3 N–H and O–H groups in total. The van der Waals surface area contributed by atoms with Crippen LogP contribution in [-0.4, -0.2) is 28.2 Å². The normalized spacial score (nSPS) is 11.8. The number of rotatable bonds is 6. The van der Waals surface area contributed by atoms with Crippen LogP contribution in [0.25, 0.3) is 22.0 Å². The number of aromatic nitrogens is 3. The van der Waals surface area contributed by atoms with E-state index in [1.807, 2.05) is 43.4 Å². The molecular formula is C23H22N6. The van der Waals surface area contributed by atoms with E-state index in [4.69, 9.17) is 5.41 Å². The van der Waals surface area contributed by atoms with E-state index in [0.29, 0.717) is 5.69 Å². The van der Waals surface area contributed by atoms with Crippen molar-refractivity contribution in [2.24, 2.45) is 0 Å². The van der Waals surface area contributed by atoms with Gasteiger partial charge in [0.1, 0.15) is 17.8 Å². The highest BCUT2D eigenvalue weighted by atomic mass is 15.0. The minimum atomic E-state index is 0.113. The summed E-state index contributed by atoms with van der Waals surface area (Å²) in [6.45, 7) is 2.12. The van der Waals surface area contributed by atoms with Crippen molar-refractivity contribution < 1.29 is 0 Å². The van der Waals surface area contributed by atoms with E-state index in [9.17, 15) is 0 Å². The third-order valence-corrected chi connectivity index (χ3v) is 4.95. The topological polar surface area (TPSA) is 86.6 Å². The second kappa shape index (κ2) is 8.06. The lowest BCUT2D eigenvalue weighted by Gasteiger charge is -2.16. The highest BCUT2D eigenvalue weighted by Crippen LogP contribution is 2.30. The van der Waals surface area contributed by atoms with Crippen molar-refractivity contribution in [3.63, 3.8) is 0 Å². The second-order valence-corrected chi connectivity index (χ2v) is 6.78. The van der Waals surface area contributed by atoms with E-state index >= 15 is 0 Å². The Morgan fingerprint density at radius 2 is 1.79 bits per heavy atom. The van der Waals surface area contributed by atoms with Crippen LogP contribution in [0.3, 0.4) is 0 Å². The summed E-state index contributed by atoms with van der Waals surface area (Å²) < 4.78 is 0. The molecular weight excluding hydrogens is 360 g/mol. The van der Waals surface area contributed by atoms with Crippen molar-refractivity contribution in [2.75, 3.05) is 17.7 Å². The zero-order chi connectivity index (χ0) is 20.2. The fourth-order valence-electron chi connectivity index (χ4n) is 3.33. The van der Waals surface area contributed by atoms with Gasteiger partial charge in [0.05, 0.1) is 11.2 Å². The first-order valence-electron chi connectivity index (χ1n) is 9.44. The van der Waals surface area contributed by atoms with E-state index in [1.165, 1.54) is 11.8 Å². The molecule has 0 fully saturated rings. The number of pyridine rings is 1. The van der Waals surface area contributed by atoms with E-state index in [0.717, 1.165) is 33.5 Å². The summed E-state index contributed by atoms with van der Waals surface area (Å²) in [5.74, 6) is 0.797. The van der Waals surface area contributed by atoms with Gasteiger partial charge in [-0.05, 0) is 36.2 Å². The smallest absolute Gasteiger partial charge is 0.137 e. The molecule has 0 bridgehead atoms. The maximum Gasteiger partial charge on any atom is 0.137 e. The van der Waals surface area contributed by atoms with Crippen LogP contribution >= 0.6 is 0 Å². The molecule has 6 heteroatoms. The number of fused-ring (bicyclic) bond motifs is 1. The van der Waals surface area contributed by atoms with Gasteiger partial charge in [0, 0.05) is 36.5 Å². The Labute approximate surface area is 169 Å². The molecule has 0 aliphatic heterocycles. The number of anilines is 2. The third-order valence-electron chi connectivity index (χ3n) is 4.95. The summed E-state index contributed by atoms with van der Waals surface area (Å²) in [5, 5.41) is 15.0. The second-order valence-electron chi connectivity index (χ2n) is 6.78. The fourth-order valence-corrected chi connectivity index (χ4v) is 3.33. The van der Waals surface area contributed by atoms with Crippen molar-refractivity contribution in [1.82, 2.24) is 15.0 Å². The van der Waals surface area contributed by atoms with Crippen molar-refractivity contribution >= 4 is 28.6 Å². The Bertz CT molecular complexity index is 1160. The predicted octanol–water partition coefficient (Wildman–Crippen LogP) is 4.90. The summed E-state index contributed by atoms with van der Waals surface area (Å²) in [6.07, 6.45) is 4.62. The van der Waals surface area contributed by atoms with Gasteiger partial charge in [0.15, 0.2) is 0 Å². The molecule has 1 unspecified atom stereocenters. The van der Waals surface area contributed by atoms with Crippen LogP contribution in [0.4, 0.5) is 11.5 Å². The summed E-state index contributed by atoms with van der Waals surface area (Å²) in [7, 11) is 1.83. The number of hydrogen-bond donors (Lipinski definition) is 3. The van der Waals surface area contributed by atoms with Crippen molar-refractivity contribution in [1.29, 1.82) is 5.41 Å². The number of hydrogen-bond acceptors (Lipinski definition) is 6. The van der Waals surface area contributed by atoms with Gasteiger partial charge >= 0.3 is 0 Å². The van der Waals surface area contributed by atoms with Crippen LogP contribution in [0.2, 0.25) is 0 Å². The highest BCUT2D eigenvalue weighted by Gasteiger charge is 2.11. The maximum atomic E-state index is 7.48. The van der Waals surface area contributed by atoms with Gasteiger partial charge in [-0.2, -0.15) is 0 Å². The Hall–Kier alpha value is -3.80. The van der Waals surface area contributed by atoms with Gasteiger partial charge in [0.25, 0.3) is 0 Å². The average Bonchev–Trinajstić information content (AvgIpc) is 2.79. The SMILES string of the molecule is CNc1cc(-c2ccc3ncnc(NC(C)c4ccccc4)c3c2)cnc1C=N. The minimum absolute atomic E-state index is 0.113. The van der Waals surface area contributed by atoms with E-state index in [-0.39, 0.29) is 6.04 Å². The largest absolute Gasteiger partial charge is 0.386 e. The molecule has 0 saturated heterocycles. The molecule has 29 heavy (non-hydrogen) atoms. The summed E-state index contributed by atoms with van der Waals surface area (Å²) in [4.78, 5) is 13.3. The molecule has 1 atom stereocenters. The zero-order valence-corrected chi connectivity index (χ0v) is 16.3. The van der Waals surface area contributed by atoms with Crippen LogP contribution in [0.15, 0.2) is 67.1 Å². The zero-order valence-electron chi connectivity index (χ0n) is 16.3. The molecule has 4 rings (SSSR count). The van der Waals surface area contributed by atoms with Crippen LogP contribution in [0.5, 0.6) is 0 Å². The molecule has 0 spiro atoms. The quantitative estimate of drug-likeness (QED) is 0.413. The number of benzene rings is 2. The highest BCUT2D eigenvalue weighted by molar-refractivity contribution is 5.93. The lowest BCUT2D eigenvalue weighted by Crippen LogP contribution is -2.08. The van der Waals surface area contributed by atoms with Crippen molar-refractivity contribution in [3.05, 3.63) is 78.4 Å². The molecule has 0 radical (unpaired) electrons. The van der Waals surface area contributed by atoms with Crippen LogP contribution < -0.4 is 10.6 Å². The lowest BCUT2D eigenvalue weighted by molar-refractivity contribution is 0.876. The number of nitrogens with one attached hydrogen (secondary N) is 3. The van der Waals surface area contributed by atoms with Crippen LogP contribution in [-0.2, 0) is 0 Å². The van der Waals surface area contributed by atoms with Gasteiger partial charge in [-0.1, -0.05) is 36.4 Å². The molecule has 2 aromatic carbocycles. The molecule has 144 valence electrons. The first-order valence-corrected chi connectivity index (χ1v) is 9.44. The van der Waals surface area contributed by atoms with Crippen LogP contribution in [0.1, 0.15) is 24.2 Å². The van der Waals surface area contributed by atoms with Gasteiger partial charge in [-0.25, -0.2) is 9.97 Å². The molecule has 4 aromatic rings. The molecule has 0 amide bonds. The Morgan fingerprint density at radius 1 is 0.966 bits per heavy atom. The fraction of sp³-hybridized carbons (Fsp3) is 0.130. The standard InChI is InChI=1S/C23H22N6/c1-15(16-6-4-3-5-7-16)29-23-19-10-17(8-9-20(19)27-14-28-23)18-11-21(25-2)22(12-24)26-13-18/h3-15,24-25H,1-2H3,(H,27,28,29). The lowest BCUT2D eigenvalue weighted by atomic mass is 10.0. The first-order chi connectivity index (χ1) is 14.2. The molecule has 0 aliphatic carbocycles. The summed E-state index contributed by atoms with van der Waals surface area (Å²) >= 11 is 0.